The van der Waals surface area contributed by atoms with Crippen LogP contribution in [0.15, 0.2) is 24.3 Å². The molecule has 1 aliphatic heterocycles. The van der Waals surface area contributed by atoms with Gasteiger partial charge in [0.1, 0.15) is 18.1 Å². The van der Waals surface area contributed by atoms with E-state index in [1.54, 1.807) is 0 Å². The van der Waals surface area contributed by atoms with Crippen LogP contribution in [0.3, 0.4) is 0 Å². The average molecular weight is 222 g/mol. The first kappa shape index (κ1) is 10.6. The molecule has 1 aromatic rings. The van der Waals surface area contributed by atoms with Crippen LogP contribution < -0.4 is 4.74 Å². The highest BCUT2D eigenvalue weighted by Gasteiger charge is 2.19. The van der Waals surface area contributed by atoms with Crippen molar-refractivity contribution in [1.82, 2.24) is 0 Å². The van der Waals surface area contributed by atoms with Gasteiger partial charge in [0.25, 0.3) is 0 Å². The van der Waals surface area contributed by atoms with Crippen molar-refractivity contribution in [2.45, 2.75) is 18.9 Å². The Hall–Kier alpha value is -0.960. The Morgan fingerprint density at radius 1 is 1.33 bits per heavy atom. The predicted octanol–water partition coefficient (Wildman–Crippen LogP) is 2.31. The number of carbonyl (C=O) groups excluding carboxylic acids is 1. The van der Waals surface area contributed by atoms with Gasteiger partial charge in [0.05, 0.1) is 0 Å². The summed E-state index contributed by atoms with van der Waals surface area (Å²) in [6, 6.07) is 8.04. The summed E-state index contributed by atoms with van der Waals surface area (Å²) in [5.41, 5.74) is 1.19. The molecule has 0 radical (unpaired) electrons. The van der Waals surface area contributed by atoms with Gasteiger partial charge in [-0.3, -0.25) is 0 Å². The lowest BCUT2D eigenvalue weighted by atomic mass is 10.1. The van der Waals surface area contributed by atoms with Crippen LogP contribution in [-0.4, -0.2) is 23.9 Å². The molecule has 0 saturated carbocycles. The van der Waals surface area contributed by atoms with Gasteiger partial charge in [-0.25, -0.2) is 0 Å². The van der Waals surface area contributed by atoms with Crippen molar-refractivity contribution >= 4 is 18.0 Å². The van der Waals surface area contributed by atoms with Crippen LogP contribution in [0.25, 0.3) is 0 Å². The molecule has 3 heteroatoms. The molecule has 1 aliphatic rings. The number of aldehydes is 1. The average Bonchev–Trinajstić information content (AvgIpc) is 2.22. The van der Waals surface area contributed by atoms with E-state index in [-0.39, 0.29) is 0 Å². The van der Waals surface area contributed by atoms with Crippen LogP contribution in [0.2, 0.25) is 0 Å². The molecule has 0 spiro atoms. The monoisotopic (exact) mass is 222 g/mol. The van der Waals surface area contributed by atoms with E-state index in [0.717, 1.165) is 30.0 Å². The SMILES string of the molecule is O=CCCc1ccc(OC2CSC2)cc1. The summed E-state index contributed by atoms with van der Waals surface area (Å²) in [4.78, 5) is 10.2. The number of aryl methyl sites for hydroxylation is 1. The third kappa shape index (κ3) is 2.99. The van der Waals surface area contributed by atoms with Gasteiger partial charge < -0.3 is 9.53 Å². The second-order valence-corrected chi connectivity index (χ2v) is 4.70. The van der Waals surface area contributed by atoms with Crippen LogP contribution in [0.5, 0.6) is 5.75 Å². The van der Waals surface area contributed by atoms with Crippen molar-refractivity contribution in [1.29, 1.82) is 0 Å². The van der Waals surface area contributed by atoms with Gasteiger partial charge in [-0.1, -0.05) is 12.1 Å². The number of thioether (sulfide) groups is 1. The molecule has 0 unspecified atom stereocenters. The molecule has 0 atom stereocenters. The topological polar surface area (TPSA) is 26.3 Å². The summed E-state index contributed by atoms with van der Waals surface area (Å²) in [5.74, 6) is 3.15. The lowest BCUT2D eigenvalue weighted by Crippen LogP contribution is -2.30. The van der Waals surface area contributed by atoms with E-state index in [9.17, 15) is 4.79 Å². The van der Waals surface area contributed by atoms with Gasteiger partial charge in [0, 0.05) is 17.9 Å². The summed E-state index contributed by atoms with van der Waals surface area (Å²) >= 11 is 1.91. The highest BCUT2D eigenvalue weighted by Crippen LogP contribution is 2.24. The maximum atomic E-state index is 10.2. The van der Waals surface area contributed by atoms with Crippen LogP contribution >= 0.6 is 11.8 Å². The van der Waals surface area contributed by atoms with Crippen molar-refractivity contribution in [3.8, 4) is 5.75 Å². The zero-order valence-corrected chi connectivity index (χ0v) is 9.33. The van der Waals surface area contributed by atoms with Crippen molar-refractivity contribution in [3.63, 3.8) is 0 Å². The first-order valence-corrected chi connectivity index (χ1v) is 6.31. The van der Waals surface area contributed by atoms with E-state index in [4.69, 9.17) is 4.74 Å². The molecule has 1 saturated heterocycles. The molecule has 1 heterocycles. The third-order valence-electron chi connectivity index (χ3n) is 2.38. The van der Waals surface area contributed by atoms with Gasteiger partial charge in [-0.05, 0) is 24.1 Å². The van der Waals surface area contributed by atoms with E-state index in [1.807, 2.05) is 36.0 Å². The molecule has 15 heavy (non-hydrogen) atoms. The summed E-state index contributed by atoms with van der Waals surface area (Å²) < 4.78 is 5.72. The Kier molecular flexibility index (Phi) is 3.67. The Morgan fingerprint density at radius 2 is 2.07 bits per heavy atom. The summed E-state index contributed by atoms with van der Waals surface area (Å²) in [6.07, 6.45) is 2.77. The van der Waals surface area contributed by atoms with Crippen LogP contribution in [0.1, 0.15) is 12.0 Å². The third-order valence-corrected chi connectivity index (χ3v) is 3.60. The molecule has 0 N–H and O–H groups in total. The normalized spacial score (nSPS) is 15.7. The molecule has 0 aliphatic carbocycles. The van der Waals surface area contributed by atoms with Crippen molar-refractivity contribution < 1.29 is 9.53 Å². The van der Waals surface area contributed by atoms with Crippen molar-refractivity contribution in [2.75, 3.05) is 11.5 Å². The van der Waals surface area contributed by atoms with E-state index in [1.165, 1.54) is 5.56 Å². The Morgan fingerprint density at radius 3 is 2.60 bits per heavy atom. The number of hydrogen-bond donors (Lipinski definition) is 0. The molecule has 1 fully saturated rings. The van der Waals surface area contributed by atoms with Gasteiger partial charge in [-0.2, -0.15) is 11.8 Å². The maximum absolute atomic E-state index is 10.2. The van der Waals surface area contributed by atoms with Gasteiger partial charge in [-0.15, -0.1) is 0 Å². The molecule has 2 nitrogen and oxygen atoms in total. The molecule has 0 amide bonds. The minimum atomic E-state index is 0.399. The van der Waals surface area contributed by atoms with Gasteiger partial charge in [0.15, 0.2) is 0 Å². The summed E-state index contributed by atoms with van der Waals surface area (Å²) in [5, 5.41) is 0. The number of ether oxygens (including phenoxy) is 1. The van der Waals surface area contributed by atoms with E-state index in [0.29, 0.717) is 12.5 Å². The van der Waals surface area contributed by atoms with Crippen LogP contribution in [0.4, 0.5) is 0 Å². The number of rotatable bonds is 5. The lowest BCUT2D eigenvalue weighted by Gasteiger charge is -2.25. The zero-order chi connectivity index (χ0) is 10.5. The van der Waals surface area contributed by atoms with Gasteiger partial charge >= 0.3 is 0 Å². The molecule has 1 aromatic carbocycles. The fourth-order valence-electron chi connectivity index (χ4n) is 1.43. The second kappa shape index (κ2) is 5.21. The van der Waals surface area contributed by atoms with E-state index >= 15 is 0 Å². The molecule has 0 bridgehead atoms. The molecular weight excluding hydrogens is 208 g/mol. The number of benzene rings is 1. The van der Waals surface area contributed by atoms with E-state index in [2.05, 4.69) is 0 Å². The Labute approximate surface area is 94.0 Å². The first-order valence-electron chi connectivity index (χ1n) is 5.15. The summed E-state index contributed by atoms with van der Waals surface area (Å²) in [6.45, 7) is 0. The standard InChI is InChI=1S/C12H14O2S/c13-7-1-2-10-3-5-11(6-4-10)14-12-8-15-9-12/h3-7,12H,1-2,8-9H2. The number of carbonyl (C=O) groups is 1. The van der Waals surface area contributed by atoms with Crippen LogP contribution in [-0.2, 0) is 11.2 Å². The highest BCUT2D eigenvalue weighted by molar-refractivity contribution is 8.00. The first-order chi connectivity index (χ1) is 7.38. The smallest absolute Gasteiger partial charge is 0.120 e. The molecule has 0 aromatic heterocycles. The minimum absolute atomic E-state index is 0.399. The quantitative estimate of drug-likeness (QED) is 0.715. The Bertz CT molecular complexity index is 317. The summed E-state index contributed by atoms with van der Waals surface area (Å²) in [7, 11) is 0. The fourth-order valence-corrected chi connectivity index (χ4v) is 2.00. The fraction of sp³-hybridized carbons (Fsp3) is 0.417. The molecule has 2 rings (SSSR count). The minimum Gasteiger partial charge on any atom is -0.489 e. The predicted molar refractivity (Wildman–Crippen MR) is 62.6 cm³/mol. The molecular formula is C12H14O2S. The maximum Gasteiger partial charge on any atom is 0.120 e. The highest BCUT2D eigenvalue weighted by atomic mass is 32.2. The van der Waals surface area contributed by atoms with Gasteiger partial charge in [0.2, 0.25) is 0 Å². The van der Waals surface area contributed by atoms with Crippen molar-refractivity contribution in [3.05, 3.63) is 29.8 Å². The molecule has 80 valence electrons. The van der Waals surface area contributed by atoms with Crippen molar-refractivity contribution in [2.24, 2.45) is 0 Å². The Balaban J connectivity index is 1.87. The zero-order valence-electron chi connectivity index (χ0n) is 8.52. The second-order valence-electron chi connectivity index (χ2n) is 3.63. The van der Waals surface area contributed by atoms with E-state index < -0.39 is 0 Å². The number of hydrogen-bond acceptors (Lipinski definition) is 3. The van der Waals surface area contributed by atoms with Crippen LogP contribution in [0, 0.1) is 0 Å². The lowest BCUT2D eigenvalue weighted by molar-refractivity contribution is -0.107. The largest absolute Gasteiger partial charge is 0.489 e.